The zero-order chi connectivity index (χ0) is 13.2. The molecule has 19 heavy (non-hydrogen) atoms. The van der Waals surface area contributed by atoms with Gasteiger partial charge in [0.1, 0.15) is 5.69 Å². The Bertz CT molecular complexity index is 600. The molecular formula is C13H12ClN3OS. The van der Waals surface area contributed by atoms with E-state index in [9.17, 15) is 4.79 Å². The Labute approximate surface area is 119 Å². The minimum Gasteiger partial charge on any atom is -0.344 e. The molecule has 0 radical (unpaired) electrons. The van der Waals surface area contributed by atoms with Crippen LogP contribution in [-0.4, -0.2) is 21.9 Å². The van der Waals surface area contributed by atoms with Gasteiger partial charge in [-0.15, -0.1) is 11.8 Å². The van der Waals surface area contributed by atoms with E-state index >= 15 is 0 Å². The van der Waals surface area contributed by atoms with Crippen molar-refractivity contribution in [3.05, 3.63) is 46.7 Å². The molecular weight excluding hydrogens is 282 g/mol. The van der Waals surface area contributed by atoms with Gasteiger partial charge >= 0.3 is 0 Å². The van der Waals surface area contributed by atoms with E-state index in [0.29, 0.717) is 10.7 Å². The molecule has 1 amide bonds. The molecule has 3 rings (SSSR count). The van der Waals surface area contributed by atoms with E-state index in [1.807, 2.05) is 18.2 Å². The van der Waals surface area contributed by atoms with E-state index in [1.165, 1.54) is 4.90 Å². The lowest BCUT2D eigenvalue weighted by atomic mass is 10.0. The van der Waals surface area contributed by atoms with E-state index in [1.54, 1.807) is 24.0 Å². The lowest BCUT2D eigenvalue weighted by Crippen LogP contribution is -2.30. The fraction of sp³-hybridized carbons (Fsp3) is 0.231. The second-order valence-corrected chi connectivity index (χ2v) is 5.89. The van der Waals surface area contributed by atoms with Crippen LogP contribution in [0.2, 0.25) is 5.02 Å². The molecule has 0 spiro atoms. The van der Waals surface area contributed by atoms with Gasteiger partial charge in [0, 0.05) is 21.9 Å². The molecule has 0 fully saturated rings. The SMILES string of the molecule is O=C(NC1CCSc2ccc(Cl)cc21)c1ccn[nH]1. The van der Waals surface area contributed by atoms with Gasteiger partial charge in [0.2, 0.25) is 0 Å². The maximum Gasteiger partial charge on any atom is 0.269 e. The van der Waals surface area contributed by atoms with Crippen molar-refractivity contribution < 1.29 is 4.79 Å². The molecule has 4 nitrogen and oxygen atoms in total. The number of aromatic nitrogens is 2. The molecule has 1 aromatic heterocycles. The molecule has 2 heterocycles. The number of hydrogen-bond acceptors (Lipinski definition) is 3. The van der Waals surface area contributed by atoms with Crippen molar-refractivity contribution >= 4 is 29.3 Å². The van der Waals surface area contributed by atoms with Gasteiger partial charge in [-0.2, -0.15) is 5.10 Å². The number of nitrogens with zero attached hydrogens (tertiary/aromatic N) is 1. The molecule has 1 unspecified atom stereocenters. The minimum absolute atomic E-state index is 0.00532. The number of fused-ring (bicyclic) bond motifs is 1. The van der Waals surface area contributed by atoms with Crippen LogP contribution in [0.1, 0.15) is 28.5 Å². The quantitative estimate of drug-likeness (QED) is 0.895. The number of amides is 1. The zero-order valence-electron chi connectivity index (χ0n) is 10.0. The van der Waals surface area contributed by atoms with Crippen LogP contribution in [0.4, 0.5) is 0 Å². The van der Waals surface area contributed by atoms with Crippen molar-refractivity contribution in [2.45, 2.75) is 17.4 Å². The Morgan fingerprint density at radius 1 is 1.47 bits per heavy atom. The number of benzene rings is 1. The molecule has 0 bridgehead atoms. The third-order valence-electron chi connectivity index (χ3n) is 3.06. The summed E-state index contributed by atoms with van der Waals surface area (Å²) in [5.41, 5.74) is 1.57. The topological polar surface area (TPSA) is 57.8 Å². The summed E-state index contributed by atoms with van der Waals surface area (Å²) in [6.45, 7) is 0. The lowest BCUT2D eigenvalue weighted by molar-refractivity contribution is 0.0930. The fourth-order valence-electron chi connectivity index (χ4n) is 2.13. The van der Waals surface area contributed by atoms with Crippen LogP contribution in [0.25, 0.3) is 0 Å². The van der Waals surface area contributed by atoms with Gasteiger partial charge in [0.05, 0.1) is 6.04 Å². The van der Waals surface area contributed by atoms with Crippen LogP contribution < -0.4 is 5.32 Å². The zero-order valence-corrected chi connectivity index (χ0v) is 11.6. The van der Waals surface area contributed by atoms with E-state index in [4.69, 9.17) is 11.6 Å². The van der Waals surface area contributed by atoms with Gasteiger partial charge < -0.3 is 5.32 Å². The highest BCUT2D eigenvalue weighted by molar-refractivity contribution is 7.99. The van der Waals surface area contributed by atoms with E-state index in [0.717, 1.165) is 17.7 Å². The summed E-state index contributed by atoms with van der Waals surface area (Å²) >= 11 is 7.84. The maximum atomic E-state index is 12.0. The summed E-state index contributed by atoms with van der Waals surface area (Å²) in [5, 5.41) is 10.2. The monoisotopic (exact) mass is 293 g/mol. The summed E-state index contributed by atoms with van der Waals surface area (Å²) in [5.74, 6) is 0.850. The first-order chi connectivity index (χ1) is 9.24. The van der Waals surface area contributed by atoms with Gasteiger partial charge in [0.25, 0.3) is 5.91 Å². The molecule has 0 saturated heterocycles. The number of H-pyrrole nitrogens is 1. The molecule has 98 valence electrons. The van der Waals surface area contributed by atoms with Gasteiger partial charge in [0.15, 0.2) is 0 Å². The van der Waals surface area contributed by atoms with Crippen molar-refractivity contribution in [1.29, 1.82) is 0 Å². The highest BCUT2D eigenvalue weighted by Gasteiger charge is 2.23. The summed E-state index contributed by atoms with van der Waals surface area (Å²) < 4.78 is 0. The van der Waals surface area contributed by atoms with Crippen molar-refractivity contribution in [2.75, 3.05) is 5.75 Å². The second kappa shape index (κ2) is 5.27. The number of carbonyl (C=O) groups excluding carboxylic acids is 1. The highest BCUT2D eigenvalue weighted by Crippen LogP contribution is 2.37. The predicted octanol–water partition coefficient (Wildman–Crippen LogP) is 3.03. The van der Waals surface area contributed by atoms with E-state index < -0.39 is 0 Å². The molecule has 0 aliphatic carbocycles. The normalized spacial score (nSPS) is 17.8. The van der Waals surface area contributed by atoms with Crippen LogP contribution in [0, 0.1) is 0 Å². The van der Waals surface area contributed by atoms with Crippen LogP contribution in [0.5, 0.6) is 0 Å². The standard InChI is InChI=1S/C13H12ClN3OS/c14-8-1-2-12-9(7-8)10(4-6-19-12)16-13(18)11-3-5-15-17-11/h1-3,5,7,10H,4,6H2,(H,15,17)(H,16,18). The first kappa shape index (κ1) is 12.6. The summed E-state index contributed by atoms with van der Waals surface area (Å²) in [6, 6.07) is 7.49. The largest absolute Gasteiger partial charge is 0.344 e. The average Bonchev–Trinajstić information content (AvgIpc) is 2.93. The number of thioether (sulfide) groups is 1. The highest BCUT2D eigenvalue weighted by atomic mass is 35.5. The Hall–Kier alpha value is -1.46. The van der Waals surface area contributed by atoms with Crippen LogP contribution in [0.3, 0.4) is 0 Å². The lowest BCUT2D eigenvalue weighted by Gasteiger charge is -2.25. The van der Waals surface area contributed by atoms with Crippen LogP contribution >= 0.6 is 23.4 Å². The first-order valence-corrected chi connectivity index (χ1v) is 7.33. The Morgan fingerprint density at radius 2 is 2.37 bits per heavy atom. The summed E-state index contributed by atoms with van der Waals surface area (Å²) in [4.78, 5) is 13.2. The molecule has 1 aliphatic heterocycles. The molecule has 1 atom stereocenters. The van der Waals surface area contributed by atoms with E-state index in [-0.39, 0.29) is 11.9 Å². The Kier molecular flexibility index (Phi) is 3.48. The number of halogens is 1. The minimum atomic E-state index is -0.139. The fourth-order valence-corrected chi connectivity index (χ4v) is 3.42. The van der Waals surface area contributed by atoms with Crippen molar-refractivity contribution in [2.24, 2.45) is 0 Å². The molecule has 2 N–H and O–H groups in total. The number of carbonyl (C=O) groups is 1. The molecule has 0 saturated carbocycles. The van der Waals surface area contributed by atoms with Gasteiger partial charge in [-0.1, -0.05) is 11.6 Å². The van der Waals surface area contributed by atoms with E-state index in [2.05, 4.69) is 15.5 Å². The number of nitrogens with one attached hydrogen (secondary N) is 2. The van der Waals surface area contributed by atoms with Crippen molar-refractivity contribution in [1.82, 2.24) is 15.5 Å². The Morgan fingerprint density at radius 3 is 3.16 bits per heavy atom. The number of hydrogen-bond donors (Lipinski definition) is 2. The van der Waals surface area contributed by atoms with Crippen molar-refractivity contribution in [3.63, 3.8) is 0 Å². The van der Waals surface area contributed by atoms with Gasteiger partial charge in [-0.05, 0) is 36.2 Å². The first-order valence-electron chi connectivity index (χ1n) is 5.96. The number of aromatic amines is 1. The molecule has 1 aliphatic rings. The second-order valence-electron chi connectivity index (χ2n) is 4.32. The average molecular weight is 294 g/mol. The van der Waals surface area contributed by atoms with Gasteiger partial charge in [-0.3, -0.25) is 9.89 Å². The van der Waals surface area contributed by atoms with Crippen LogP contribution in [-0.2, 0) is 0 Å². The molecule has 1 aromatic carbocycles. The van der Waals surface area contributed by atoms with Crippen molar-refractivity contribution in [3.8, 4) is 0 Å². The smallest absolute Gasteiger partial charge is 0.269 e. The number of rotatable bonds is 2. The maximum absolute atomic E-state index is 12.0. The third-order valence-corrected chi connectivity index (χ3v) is 4.42. The van der Waals surface area contributed by atoms with Crippen LogP contribution in [0.15, 0.2) is 35.4 Å². The van der Waals surface area contributed by atoms with Gasteiger partial charge in [-0.25, -0.2) is 0 Å². The third kappa shape index (κ3) is 2.62. The summed E-state index contributed by atoms with van der Waals surface area (Å²) in [7, 11) is 0. The summed E-state index contributed by atoms with van der Waals surface area (Å²) in [6.07, 6.45) is 2.47. The predicted molar refractivity (Wildman–Crippen MR) is 75.6 cm³/mol. The molecule has 2 aromatic rings. The molecule has 6 heteroatoms. The Balaban J connectivity index is 1.84.